The van der Waals surface area contributed by atoms with Crippen molar-refractivity contribution in [1.29, 1.82) is 0 Å². The fourth-order valence-corrected chi connectivity index (χ4v) is 1.48. The van der Waals surface area contributed by atoms with Crippen LogP contribution in [0, 0.1) is 13.8 Å². The molecule has 0 amide bonds. The molecule has 0 spiro atoms. The summed E-state index contributed by atoms with van der Waals surface area (Å²) in [5, 5.41) is 12.9. The van der Waals surface area contributed by atoms with Crippen molar-refractivity contribution in [1.82, 2.24) is 9.97 Å². The van der Waals surface area contributed by atoms with Gasteiger partial charge < -0.3 is 14.8 Å². The molecule has 2 rings (SSSR count). The van der Waals surface area contributed by atoms with Crippen molar-refractivity contribution in [3.63, 3.8) is 0 Å². The van der Waals surface area contributed by atoms with Crippen LogP contribution in [0.5, 0.6) is 0 Å². The fourth-order valence-electron chi connectivity index (χ4n) is 1.48. The Hall–Kier alpha value is -1.88. The molecule has 0 aromatic carbocycles. The first-order valence-corrected chi connectivity index (χ1v) is 5.42. The van der Waals surface area contributed by atoms with E-state index in [9.17, 15) is 5.11 Å². The van der Waals surface area contributed by atoms with Gasteiger partial charge in [-0.15, -0.1) is 0 Å². The maximum atomic E-state index is 9.86. The van der Waals surface area contributed by atoms with Gasteiger partial charge in [0.25, 0.3) is 0 Å². The highest BCUT2D eigenvalue weighted by atomic mass is 16.4. The SMILES string of the molecule is Cc1cncc(NCC(O)c2ccc(C)o2)n1. The molecule has 1 unspecified atom stereocenters. The van der Waals surface area contributed by atoms with Crippen molar-refractivity contribution in [3.8, 4) is 0 Å². The Labute approximate surface area is 99.5 Å². The molecule has 2 aromatic heterocycles. The molecule has 90 valence electrons. The average molecular weight is 233 g/mol. The van der Waals surface area contributed by atoms with E-state index in [2.05, 4.69) is 15.3 Å². The van der Waals surface area contributed by atoms with E-state index in [-0.39, 0.29) is 0 Å². The van der Waals surface area contributed by atoms with Gasteiger partial charge in [0, 0.05) is 12.7 Å². The van der Waals surface area contributed by atoms with Crippen molar-refractivity contribution in [3.05, 3.63) is 41.7 Å². The van der Waals surface area contributed by atoms with Crippen LogP contribution >= 0.6 is 0 Å². The molecule has 0 aliphatic carbocycles. The maximum Gasteiger partial charge on any atom is 0.144 e. The van der Waals surface area contributed by atoms with Gasteiger partial charge >= 0.3 is 0 Å². The van der Waals surface area contributed by atoms with Crippen LogP contribution in [-0.2, 0) is 0 Å². The zero-order chi connectivity index (χ0) is 12.3. The number of aliphatic hydroxyl groups is 1. The maximum absolute atomic E-state index is 9.86. The van der Waals surface area contributed by atoms with Crippen LogP contribution < -0.4 is 5.32 Å². The summed E-state index contributed by atoms with van der Waals surface area (Å²) in [6, 6.07) is 3.59. The van der Waals surface area contributed by atoms with Gasteiger partial charge in [-0.2, -0.15) is 0 Å². The molecule has 0 saturated heterocycles. The molecule has 0 saturated carbocycles. The number of nitrogens with zero attached hydrogens (tertiary/aromatic N) is 2. The third-order valence-corrected chi connectivity index (χ3v) is 2.32. The number of aromatic nitrogens is 2. The minimum Gasteiger partial charge on any atom is -0.464 e. The van der Waals surface area contributed by atoms with Crippen molar-refractivity contribution in [2.45, 2.75) is 20.0 Å². The third-order valence-electron chi connectivity index (χ3n) is 2.32. The molecule has 0 aliphatic heterocycles. The van der Waals surface area contributed by atoms with Gasteiger partial charge in [0.1, 0.15) is 23.4 Å². The van der Waals surface area contributed by atoms with E-state index in [4.69, 9.17) is 4.42 Å². The smallest absolute Gasteiger partial charge is 0.144 e. The summed E-state index contributed by atoms with van der Waals surface area (Å²) in [6.45, 7) is 4.05. The van der Waals surface area contributed by atoms with Gasteiger partial charge in [0.05, 0.1) is 11.9 Å². The van der Waals surface area contributed by atoms with E-state index in [1.807, 2.05) is 19.9 Å². The Bertz CT molecular complexity index is 496. The first-order chi connectivity index (χ1) is 8.15. The normalized spacial score (nSPS) is 12.4. The summed E-state index contributed by atoms with van der Waals surface area (Å²) in [7, 11) is 0. The topological polar surface area (TPSA) is 71.2 Å². The van der Waals surface area contributed by atoms with Gasteiger partial charge in [-0.3, -0.25) is 4.98 Å². The molecule has 0 aliphatic rings. The zero-order valence-corrected chi connectivity index (χ0v) is 9.84. The molecule has 2 N–H and O–H groups in total. The second-order valence-corrected chi connectivity index (χ2v) is 3.89. The van der Waals surface area contributed by atoms with E-state index < -0.39 is 6.10 Å². The van der Waals surface area contributed by atoms with E-state index in [0.717, 1.165) is 11.5 Å². The van der Waals surface area contributed by atoms with E-state index in [1.54, 1.807) is 18.5 Å². The highest BCUT2D eigenvalue weighted by Crippen LogP contribution is 2.16. The van der Waals surface area contributed by atoms with Crippen molar-refractivity contribution in [2.75, 3.05) is 11.9 Å². The second kappa shape index (κ2) is 4.97. The molecule has 5 heteroatoms. The van der Waals surface area contributed by atoms with E-state index >= 15 is 0 Å². The largest absolute Gasteiger partial charge is 0.464 e. The van der Waals surface area contributed by atoms with Gasteiger partial charge in [-0.25, -0.2) is 4.98 Å². The second-order valence-electron chi connectivity index (χ2n) is 3.89. The highest BCUT2D eigenvalue weighted by molar-refractivity contribution is 5.31. The van der Waals surface area contributed by atoms with Gasteiger partial charge in [0.2, 0.25) is 0 Å². The summed E-state index contributed by atoms with van der Waals surface area (Å²) in [5.74, 6) is 1.98. The van der Waals surface area contributed by atoms with Crippen molar-refractivity contribution < 1.29 is 9.52 Å². The van der Waals surface area contributed by atoms with Crippen LogP contribution in [0.15, 0.2) is 28.9 Å². The molecule has 5 nitrogen and oxygen atoms in total. The van der Waals surface area contributed by atoms with Crippen LogP contribution in [0.3, 0.4) is 0 Å². The van der Waals surface area contributed by atoms with Crippen molar-refractivity contribution >= 4 is 5.82 Å². The lowest BCUT2D eigenvalue weighted by Gasteiger charge is -2.09. The lowest BCUT2D eigenvalue weighted by molar-refractivity contribution is 0.161. The molecule has 0 bridgehead atoms. The average Bonchev–Trinajstić information content (AvgIpc) is 2.73. The number of furan rings is 1. The third kappa shape index (κ3) is 3.04. The Morgan fingerprint density at radius 2 is 2.18 bits per heavy atom. The minimum absolute atomic E-state index is 0.338. The predicted molar refractivity (Wildman–Crippen MR) is 63.7 cm³/mol. The summed E-state index contributed by atoms with van der Waals surface area (Å²) < 4.78 is 5.33. The molecule has 1 atom stereocenters. The zero-order valence-electron chi connectivity index (χ0n) is 9.84. The minimum atomic E-state index is -0.689. The lowest BCUT2D eigenvalue weighted by Crippen LogP contribution is -2.12. The van der Waals surface area contributed by atoms with Gasteiger partial charge in [-0.05, 0) is 26.0 Å². The summed E-state index contributed by atoms with van der Waals surface area (Å²) in [6.07, 6.45) is 2.61. The fraction of sp³-hybridized carbons (Fsp3) is 0.333. The molecule has 17 heavy (non-hydrogen) atoms. The van der Waals surface area contributed by atoms with Crippen LogP contribution in [0.25, 0.3) is 0 Å². The summed E-state index contributed by atoms with van der Waals surface area (Å²) >= 11 is 0. The molecular weight excluding hydrogens is 218 g/mol. The van der Waals surface area contributed by atoms with E-state index in [1.165, 1.54) is 0 Å². The Morgan fingerprint density at radius 3 is 2.82 bits per heavy atom. The summed E-state index contributed by atoms with van der Waals surface area (Å²) in [4.78, 5) is 8.24. The molecule has 2 heterocycles. The first kappa shape index (κ1) is 11.6. The Morgan fingerprint density at radius 1 is 1.35 bits per heavy atom. The number of hydrogen-bond acceptors (Lipinski definition) is 5. The van der Waals surface area contributed by atoms with Crippen LogP contribution in [0.2, 0.25) is 0 Å². The first-order valence-electron chi connectivity index (χ1n) is 5.42. The van der Waals surface area contributed by atoms with Crippen LogP contribution in [0.4, 0.5) is 5.82 Å². The standard InChI is InChI=1S/C12H15N3O2/c1-8-5-13-7-12(15-8)14-6-10(16)11-4-3-9(2)17-11/h3-5,7,10,16H,6H2,1-2H3,(H,14,15). The number of rotatable bonds is 4. The number of anilines is 1. The Balaban J connectivity index is 1.94. The van der Waals surface area contributed by atoms with Crippen LogP contribution in [0.1, 0.15) is 23.3 Å². The quantitative estimate of drug-likeness (QED) is 0.843. The number of hydrogen-bond donors (Lipinski definition) is 2. The van der Waals surface area contributed by atoms with Gasteiger partial charge in [-0.1, -0.05) is 0 Å². The molecule has 2 aromatic rings. The number of aryl methyl sites for hydroxylation is 2. The van der Waals surface area contributed by atoms with E-state index in [0.29, 0.717) is 18.1 Å². The predicted octanol–water partition coefficient (Wildman–Crippen LogP) is 1.83. The molecular formula is C12H15N3O2. The number of aliphatic hydroxyl groups excluding tert-OH is 1. The number of nitrogens with one attached hydrogen (secondary N) is 1. The highest BCUT2D eigenvalue weighted by Gasteiger charge is 2.11. The van der Waals surface area contributed by atoms with Crippen molar-refractivity contribution in [2.24, 2.45) is 0 Å². The Kier molecular flexibility index (Phi) is 3.39. The van der Waals surface area contributed by atoms with Gasteiger partial charge in [0.15, 0.2) is 0 Å². The summed E-state index contributed by atoms with van der Waals surface area (Å²) in [5.41, 5.74) is 0.832. The molecule has 0 fully saturated rings. The monoisotopic (exact) mass is 233 g/mol. The van der Waals surface area contributed by atoms with Crippen LogP contribution in [-0.4, -0.2) is 21.6 Å². The lowest BCUT2D eigenvalue weighted by atomic mass is 10.3. The molecule has 0 radical (unpaired) electrons.